The zero-order valence-electron chi connectivity index (χ0n) is 12.6. The lowest BCUT2D eigenvalue weighted by Gasteiger charge is -2.05. The molecule has 128 valence electrons. The highest BCUT2D eigenvalue weighted by atomic mass is 32.1. The fourth-order valence-electron chi connectivity index (χ4n) is 1.94. The lowest BCUT2D eigenvalue weighted by atomic mass is 10.3. The van der Waals surface area contributed by atoms with E-state index in [0.29, 0.717) is 10.8 Å². The molecule has 0 atom stereocenters. The van der Waals surface area contributed by atoms with E-state index in [1.807, 2.05) is 0 Å². The van der Waals surface area contributed by atoms with Gasteiger partial charge in [-0.3, -0.25) is 4.79 Å². The van der Waals surface area contributed by atoms with Gasteiger partial charge in [0.05, 0.1) is 5.69 Å². The van der Waals surface area contributed by atoms with Crippen LogP contribution in [-0.4, -0.2) is 10.9 Å². The van der Waals surface area contributed by atoms with Crippen LogP contribution in [0.5, 0.6) is 5.75 Å². The molecule has 8 heteroatoms. The second-order valence-electron chi connectivity index (χ2n) is 4.95. The van der Waals surface area contributed by atoms with Crippen molar-refractivity contribution in [2.24, 2.45) is 0 Å². The van der Waals surface area contributed by atoms with Gasteiger partial charge in [0.25, 0.3) is 5.91 Å². The summed E-state index contributed by atoms with van der Waals surface area (Å²) in [6, 6.07) is 8.25. The van der Waals surface area contributed by atoms with Crippen LogP contribution in [0.1, 0.15) is 15.5 Å². The smallest absolute Gasteiger partial charge is 0.275 e. The fraction of sp³-hybridized carbons (Fsp3) is 0.0588. The molecule has 3 aromatic rings. The van der Waals surface area contributed by atoms with Crippen LogP contribution in [0.25, 0.3) is 0 Å². The molecule has 1 amide bonds. The lowest BCUT2D eigenvalue weighted by molar-refractivity contribution is 0.102. The van der Waals surface area contributed by atoms with Gasteiger partial charge < -0.3 is 10.1 Å². The molecule has 4 nitrogen and oxygen atoms in total. The molecule has 0 aliphatic carbocycles. The van der Waals surface area contributed by atoms with Gasteiger partial charge in [0.2, 0.25) is 0 Å². The Labute approximate surface area is 144 Å². The molecule has 0 fully saturated rings. The number of halogens is 3. The number of benzene rings is 2. The standard InChI is InChI=1S/C17H11F3N2O2S/c18-10-1-4-12(5-2-10)24-8-16-21-15(9-25-16)17(23)22-14-7-11(19)3-6-13(14)20/h1-7,9H,8H2,(H,22,23). The Morgan fingerprint density at radius 2 is 1.80 bits per heavy atom. The number of thiazole rings is 1. The molecule has 0 aliphatic heterocycles. The van der Waals surface area contributed by atoms with Gasteiger partial charge >= 0.3 is 0 Å². The summed E-state index contributed by atoms with van der Waals surface area (Å²) in [5.74, 6) is -1.98. The molecular formula is C17H11F3N2O2S. The minimum atomic E-state index is -0.746. The van der Waals surface area contributed by atoms with E-state index in [2.05, 4.69) is 10.3 Å². The molecule has 2 aromatic carbocycles. The quantitative estimate of drug-likeness (QED) is 0.730. The van der Waals surface area contributed by atoms with E-state index in [1.165, 1.54) is 41.0 Å². The van der Waals surface area contributed by atoms with Crippen molar-refractivity contribution in [2.45, 2.75) is 6.61 Å². The summed E-state index contributed by atoms with van der Waals surface area (Å²) in [6.45, 7) is 0.0951. The van der Waals surface area contributed by atoms with Crippen LogP contribution in [0.2, 0.25) is 0 Å². The molecule has 1 aromatic heterocycles. The van der Waals surface area contributed by atoms with Gasteiger partial charge in [0, 0.05) is 11.4 Å². The van der Waals surface area contributed by atoms with E-state index >= 15 is 0 Å². The number of carbonyl (C=O) groups is 1. The van der Waals surface area contributed by atoms with Crippen molar-refractivity contribution >= 4 is 22.9 Å². The predicted molar refractivity (Wildman–Crippen MR) is 87.2 cm³/mol. The molecule has 0 bridgehead atoms. The van der Waals surface area contributed by atoms with Crippen LogP contribution >= 0.6 is 11.3 Å². The van der Waals surface area contributed by atoms with E-state index in [1.54, 1.807) is 0 Å². The van der Waals surface area contributed by atoms with E-state index in [9.17, 15) is 18.0 Å². The summed E-state index contributed by atoms with van der Waals surface area (Å²) >= 11 is 1.18. The van der Waals surface area contributed by atoms with E-state index in [0.717, 1.165) is 18.2 Å². The second kappa shape index (κ2) is 7.35. The molecule has 1 N–H and O–H groups in total. The zero-order valence-corrected chi connectivity index (χ0v) is 13.4. The van der Waals surface area contributed by atoms with Crippen molar-refractivity contribution in [1.29, 1.82) is 0 Å². The molecule has 1 heterocycles. The van der Waals surface area contributed by atoms with Crippen molar-refractivity contribution in [3.63, 3.8) is 0 Å². The Morgan fingerprint density at radius 1 is 1.08 bits per heavy atom. The van der Waals surface area contributed by atoms with Gasteiger partial charge in [-0.15, -0.1) is 11.3 Å². The summed E-state index contributed by atoms with van der Waals surface area (Å²) in [6.07, 6.45) is 0. The Kier molecular flexibility index (Phi) is 4.99. The maximum Gasteiger partial charge on any atom is 0.275 e. The summed E-state index contributed by atoms with van der Waals surface area (Å²) in [5.41, 5.74) is -0.200. The number of ether oxygens (including phenoxy) is 1. The molecule has 0 saturated carbocycles. The van der Waals surface area contributed by atoms with Gasteiger partial charge in [-0.05, 0) is 36.4 Å². The van der Waals surface area contributed by atoms with Crippen LogP contribution in [0, 0.1) is 17.5 Å². The molecular weight excluding hydrogens is 353 g/mol. The largest absolute Gasteiger partial charge is 0.486 e. The summed E-state index contributed by atoms with van der Waals surface area (Å²) < 4.78 is 44.9. The fourth-order valence-corrected chi connectivity index (χ4v) is 2.62. The van der Waals surface area contributed by atoms with Crippen LogP contribution in [0.3, 0.4) is 0 Å². The van der Waals surface area contributed by atoms with Gasteiger partial charge in [-0.2, -0.15) is 0 Å². The third-order valence-corrected chi connectivity index (χ3v) is 3.96. The first-order valence-corrected chi connectivity index (χ1v) is 7.98. The maximum atomic E-state index is 13.5. The van der Waals surface area contributed by atoms with Crippen molar-refractivity contribution in [3.05, 3.63) is 76.0 Å². The highest BCUT2D eigenvalue weighted by Gasteiger charge is 2.14. The molecule has 0 radical (unpaired) electrons. The highest BCUT2D eigenvalue weighted by molar-refractivity contribution is 7.09. The van der Waals surface area contributed by atoms with Gasteiger partial charge in [0.15, 0.2) is 0 Å². The number of hydrogen-bond donors (Lipinski definition) is 1. The zero-order chi connectivity index (χ0) is 17.8. The Balaban J connectivity index is 1.63. The monoisotopic (exact) mass is 364 g/mol. The van der Waals surface area contributed by atoms with E-state index < -0.39 is 17.5 Å². The van der Waals surface area contributed by atoms with Crippen LogP contribution in [0.4, 0.5) is 18.9 Å². The van der Waals surface area contributed by atoms with Crippen molar-refractivity contribution < 1.29 is 22.7 Å². The third kappa shape index (κ3) is 4.36. The number of anilines is 1. The van der Waals surface area contributed by atoms with Crippen LogP contribution in [-0.2, 0) is 6.61 Å². The Morgan fingerprint density at radius 3 is 2.56 bits per heavy atom. The third-order valence-electron chi connectivity index (χ3n) is 3.14. The first-order valence-electron chi connectivity index (χ1n) is 7.10. The SMILES string of the molecule is O=C(Nc1cc(F)ccc1F)c1csc(COc2ccc(F)cc2)n1. The number of nitrogens with zero attached hydrogens (tertiary/aromatic N) is 1. The second-order valence-corrected chi connectivity index (χ2v) is 5.89. The lowest BCUT2D eigenvalue weighted by Crippen LogP contribution is -2.14. The molecule has 0 saturated heterocycles. The Hall–Kier alpha value is -2.87. The van der Waals surface area contributed by atoms with Gasteiger partial charge in [-0.1, -0.05) is 0 Å². The minimum Gasteiger partial charge on any atom is -0.486 e. The summed E-state index contributed by atoms with van der Waals surface area (Å²) in [5, 5.41) is 4.26. The number of aromatic nitrogens is 1. The van der Waals surface area contributed by atoms with Crippen LogP contribution < -0.4 is 10.1 Å². The molecule has 0 aliphatic rings. The van der Waals surface area contributed by atoms with Crippen LogP contribution in [0.15, 0.2) is 47.8 Å². The summed E-state index contributed by atoms with van der Waals surface area (Å²) in [7, 11) is 0. The normalized spacial score (nSPS) is 10.5. The van der Waals surface area contributed by atoms with Crippen molar-refractivity contribution in [2.75, 3.05) is 5.32 Å². The van der Waals surface area contributed by atoms with E-state index in [-0.39, 0.29) is 23.8 Å². The molecule has 0 spiro atoms. The van der Waals surface area contributed by atoms with Crippen molar-refractivity contribution in [1.82, 2.24) is 4.98 Å². The molecule has 3 rings (SSSR count). The number of carbonyl (C=O) groups excluding carboxylic acids is 1. The average Bonchev–Trinajstić information content (AvgIpc) is 3.07. The van der Waals surface area contributed by atoms with Gasteiger partial charge in [-0.25, -0.2) is 18.2 Å². The number of amides is 1. The topological polar surface area (TPSA) is 51.2 Å². The van der Waals surface area contributed by atoms with E-state index in [4.69, 9.17) is 4.74 Å². The molecule has 0 unspecified atom stereocenters. The molecule has 25 heavy (non-hydrogen) atoms. The van der Waals surface area contributed by atoms with Crippen molar-refractivity contribution in [3.8, 4) is 5.75 Å². The average molecular weight is 364 g/mol. The predicted octanol–water partition coefficient (Wildman–Crippen LogP) is 4.39. The Bertz CT molecular complexity index is 897. The first-order chi connectivity index (χ1) is 12.0. The number of rotatable bonds is 5. The highest BCUT2D eigenvalue weighted by Crippen LogP contribution is 2.19. The van der Waals surface area contributed by atoms with Gasteiger partial charge in [0.1, 0.15) is 40.5 Å². The maximum absolute atomic E-state index is 13.5. The number of nitrogens with one attached hydrogen (secondary N) is 1. The number of hydrogen-bond acceptors (Lipinski definition) is 4. The first kappa shape index (κ1) is 17.0. The minimum absolute atomic E-state index is 0.0615. The summed E-state index contributed by atoms with van der Waals surface area (Å²) in [4.78, 5) is 16.1.